The smallest absolute Gasteiger partial charge is 0.0562 e. The number of rotatable bonds is 7. The summed E-state index contributed by atoms with van der Waals surface area (Å²) in [5.74, 6) is 0. The molecule has 1 aromatic heterocycles. The molecule has 272 valence electrons. The molecule has 0 bridgehead atoms. The van der Waals surface area contributed by atoms with Gasteiger partial charge in [0, 0.05) is 27.8 Å². The minimum atomic E-state index is 1.10. The Hall–Kier alpha value is -7.68. The maximum Gasteiger partial charge on any atom is 0.0562 e. The van der Waals surface area contributed by atoms with Gasteiger partial charge in [0.2, 0.25) is 0 Å². The molecule has 11 rings (SSSR count). The van der Waals surface area contributed by atoms with Crippen LogP contribution >= 0.6 is 0 Å². The van der Waals surface area contributed by atoms with Crippen LogP contribution in [-0.2, 0) is 0 Å². The van der Waals surface area contributed by atoms with E-state index in [1.807, 2.05) is 0 Å². The molecule has 2 nitrogen and oxygen atoms in total. The Labute approximate surface area is 338 Å². The second-order valence-electron chi connectivity index (χ2n) is 14.9. The summed E-state index contributed by atoms with van der Waals surface area (Å²) in [5, 5.41) is 7.46. The lowest BCUT2D eigenvalue weighted by molar-refractivity contribution is 1.18. The lowest BCUT2D eigenvalue weighted by atomic mass is 9.92. The average molecular weight is 739 g/mol. The molecule has 0 N–H and O–H groups in total. The van der Waals surface area contributed by atoms with E-state index in [9.17, 15) is 0 Å². The van der Waals surface area contributed by atoms with E-state index in [-0.39, 0.29) is 0 Å². The maximum atomic E-state index is 2.40. The molecule has 0 unspecified atom stereocenters. The van der Waals surface area contributed by atoms with E-state index < -0.39 is 0 Å². The van der Waals surface area contributed by atoms with Crippen LogP contribution in [0.15, 0.2) is 231 Å². The molecule has 1 heterocycles. The van der Waals surface area contributed by atoms with E-state index >= 15 is 0 Å². The van der Waals surface area contributed by atoms with Crippen molar-refractivity contribution in [1.82, 2.24) is 4.57 Å². The SMILES string of the molecule is c1ccc(-c2ccc(-n3c4ccccc4c4c(N(c5ccccc5)c5ccc(-c6ccc7c(-c8cccc9ccccc89)cccc7c6)cc5)cccc43)cc2)cc1. The van der Waals surface area contributed by atoms with Gasteiger partial charge in [-0.05, 0) is 116 Å². The van der Waals surface area contributed by atoms with Crippen molar-refractivity contribution >= 4 is 60.4 Å². The van der Waals surface area contributed by atoms with E-state index in [0.29, 0.717) is 0 Å². The first-order valence-corrected chi connectivity index (χ1v) is 19.9. The highest BCUT2D eigenvalue weighted by molar-refractivity contribution is 6.16. The van der Waals surface area contributed by atoms with Crippen molar-refractivity contribution < 1.29 is 0 Å². The Morgan fingerprint density at radius 2 is 0.828 bits per heavy atom. The van der Waals surface area contributed by atoms with E-state index in [2.05, 4.69) is 240 Å². The van der Waals surface area contributed by atoms with Crippen molar-refractivity contribution in [3.05, 3.63) is 231 Å². The first-order chi connectivity index (χ1) is 28.8. The minimum absolute atomic E-state index is 1.10. The van der Waals surface area contributed by atoms with E-state index in [4.69, 9.17) is 0 Å². The highest BCUT2D eigenvalue weighted by atomic mass is 15.1. The summed E-state index contributed by atoms with van der Waals surface area (Å²) < 4.78 is 2.40. The second kappa shape index (κ2) is 14.1. The minimum Gasteiger partial charge on any atom is -0.310 e. The number of anilines is 3. The average Bonchev–Trinajstić information content (AvgIpc) is 3.64. The van der Waals surface area contributed by atoms with Gasteiger partial charge in [-0.3, -0.25) is 0 Å². The number of fused-ring (bicyclic) bond motifs is 5. The summed E-state index contributed by atoms with van der Waals surface area (Å²) in [4.78, 5) is 2.40. The molecule has 0 fully saturated rings. The van der Waals surface area contributed by atoms with Crippen molar-refractivity contribution in [3.63, 3.8) is 0 Å². The van der Waals surface area contributed by atoms with Crippen molar-refractivity contribution in [2.45, 2.75) is 0 Å². The Morgan fingerprint density at radius 3 is 1.60 bits per heavy atom. The van der Waals surface area contributed by atoms with E-state index in [1.165, 1.54) is 76.7 Å². The van der Waals surface area contributed by atoms with Crippen molar-refractivity contribution in [2.24, 2.45) is 0 Å². The number of aromatic nitrogens is 1. The summed E-state index contributed by atoms with van der Waals surface area (Å²) in [7, 11) is 0. The van der Waals surface area contributed by atoms with Crippen LogP contribution in [0.3, 0.4) is 0 Å². The molecular weight excluding hydrogens is 701 g/mol. The molecule has 0 aliphatic rings. The van der Waals surface area contributed by atoms with Crippen LogP contribution in [0.25, 0.3) is 82.4 Å². The third kappa shape index (κ3) is 5.74. The van der Waals surface area contributed by atoms with E-state index in [1.54, 1.807) is 0 Å². The van der Waals surface area contributed by atoms with Gasteiger partial charge >= 0.3 is 0 Å². The molecule has 0 saturated carbocycles. The molecule has 0 saturated heterocycles. The van der Waals surface area contributed by atoms with Gasteiger partial charge in [0.25, 0.3) is 0 Å². The Kier molecular flexibility index (Phi) is 8.19. The highest BCUT2D eigenvalue weighted by Crippen LogP contribution is 2.44. The Morgan fingerprint density at radius 1 is 0.310 bits per heavy atom. The standard InChI is InChI=1S/C56H38N2/c1-3-14-39(15-4-1)40-28-35-47(36-29-40)58-53-25-10-9-22-52(53)56-54(26-13-27-55(56)58)57(45-19-5-2-6-20-45)46-33-30-41(31-34-46)43-32-37-49-44(38-43)18-12-24-51(49)50-23-11-17-42-16-7-8-21-48(42)50/h1-38H. The molecule has 0 radical (unpaired) electrons. The van der Waals surface area contributed by atoms with Gasteiger partial charge < -0.3 is 9.47 Å². The fourth-order valence-electron chi connectivity index (χ4n) is 8.86. The van der Waals surface area contributed by atoms with Crippen LogP contribution in [0.1, 0.15) is 0 Å². The summed E-state index contributed by atoms with van der Waals surface area (Å²) in [6, 6.07) is 83.6. The molecule has 10 aromatic carbocycles. The van der Waals surface area contributed by atoms with Gasteiger partial charge in [-0.15, -0.1) is 0 Å². The monoisotopic (exact) mass is 738 g/mol. The van der Waals surface area contributed by atoms with Crippen LogP contribution in [0, 0.1) is 0 Å². The lowest BCUT2D eigenvalue weighted by Crippen LogP contribution is -2.10. The second-order valence-corrected chi connectivity index (χ2v) is 14.9. The zero-order valence-electron chi connectivity index (χ0n) is 31.8. The van der Waals surface area contributed by atoms with Gasteiger partial charge in [-0.2, -0.15) is 0 Å². The molecule has 0 spiro atoms. The third-order valence-electron chi connectivity index (χ3n) is 11.6. The third-order valence-corrected chi connectivity index (χ3v) is 11.6. The Balaban J connectivity index is 1.01. The van der Waals surface area contributed by atoms with E-state index in [0.717, 1.165) is 22.7 Å². The van der Waals surface area contributed by atoms with Crippen molar-refractivity contribution in [2.75, 3.05) is 4.90 Å². The zero-order chi connectivity index (χ0) is 38.4. The molecular formula is C56H38N2. The number of benzene rings is 10. The predicted molar refractivity (Wildman–Crippen MR) is 247 cm³/mol. The normalized spacial score (nSPS) is 11.4. The molecule has 58 heavy (non-hydrogen) atoms. The van der Waals surface area contributed by atoms with Gasteiger partial charge in [0.05, 0.1) is 16.7 Å². The summed E-state index contributed by atoms with van der Waals surface area (Å²) in [6.45, 7) is 0. The molecule has 0 aliphatic carbocycles. The number of hydrogen-bond acceptors (Lipinski definition) is 1. The number of para-hydroxylation sites is 2. The molecule has 0 amide bonds. The fraction of sp³-hybridized carbons (Fsp3) is 0. The maximum absolute atomic E-state index is 2.40. The largest absolute Gasteiger partial charge is 0.310 e. The molecule has 11 aromatic rings. The highest BCUT2D eigenvalue weighted by Gasteiger charge is 2.21. The summed E-state index contributed by atoms with van der Waals surface area (Å²) >= 11 is 0. The lowest BCUT2D eigenvalue weighted by Gasteiger charge is -2.26. The predicted octanol–water partition coefficient (Wildman–Crippen LogP) is 15.6. The van der Waals surface area contributed by atoms with Crippen LogP contribution in [0.4, 0.5) is 17.1 Å². The molecule has 0 atom stereocenters. The quantitative estimate of drug-likeness (QED) is 0.158. The van der Waals surface area contributed by atoms with Gasteiger partial charge in [-0.1, -0.05) is 170 Å². The molecule has 2 heteroatoms. The van der Waals surface area contributed by atoms with Gasteiger partial charge in [-0.25, -0.2) is 0 Å². The first-order valence-electron chi connectivity index (χ1n) is 19.9. The first kappa shape index (κ1) is 33.6. The summed E-state index contributed by atoms with van der Waals surface area (Å²) in [6.07, 6.45) is 0. The van der Waals surface area contributed by atoms with Crippen LogP contribution < -0.4 is 4.90 Å². The van der Waals surface area contributed by atoms with Crippen molar-refractivity contribution in [3.8, 4) is 39.1 Å². The van der Waals surface area contributed by atoms with Gasteiger partial charge in [0.1, 0.15) is 0 Å². The van der Waals surface area contributed by atoms with Crippen LogP contribution in [0.2, 0.25) is 0 Å². The van der Waals surface area contributed by atoms with Crippen LogP contribution in [-0.4, -0.2) is 4.57 Å². The number of nitrogens with zero attached hydrogens (tertiary/aromatic N) is 2. The van der Waals surface area contributed by atoms with Crippen molar-refractivity contribution in [1.29, 1.82) is 0 Å². The zero-order valence-corrected chi connectivity index (χ0v) is 31.8. The summed E-state index contributed by atoms with van der Waals surface area (Å²) in [5.41, 5.74) is 14.2. The number of hydrogen-bond donors (Lipinski definition) is 0. The van der Waals surface area contributed by atoms with Crippen LogP contribution in [0.5, 0.6) is 0 Å². The molecule has 0 aliphatic heterocycles. The fourth-order valence-corrected chi connectivity index (χ4v) is 8.86. The Bertz CT molecular complexity index is 3250. The topological polar surface area (TPSA) is 8.17 Å². The van der Waals surface area contributed by atoms with Gasteiger partial charge in [0.15, 0.2) is 0 Å².